The Morgan fingerprint density at radius 3 is 2.19 bits per heavy atom. The molecule has 0 radical (unpaired) electrons. The molecule has 1 aromatic rings. The molecule has 0 heterocycles. The van der Waals surface area contributed by atoms with Crippen molar-refractivity contribution >= 4 is 17.7 Å². The first-order chi connectivity index (χ1) is 9.56. The molecule has 21 heavy (non-hydrogen) atoms. The second kappa shape index (κ2) is 6.84. The van der Waals surface area contributed by atoms with E-state index in [2.05, 4.69) is 52.0 Å². The first-order valence-electron chi connectivity index (χ1n) is 7.21. The van der Waals surface area contributed by atoms with E-state index in [4.69, 9.17) is 10.5 Å². The maximum atomic E-state index is 11.6. The molecule has 0 amide bonds. The summed E-state index contributed by atoms with van der Waals surface area (Å²) < 4.78 is 4.75. The average molecular weight is 309 g/mol. The molecule has 0 aliphatic carbocycles. The predicted molar refractivity (Wildman–Crippen MR) is 89.7 cm³/mol. The third-order valence-corrected chi connectivity index (χ3v) is 4.53. The van der Waals surface area contributed by atoms with Gasteiger partial charge >= 0.3 is 5.97 Å². The molecule has 0 bridgehead atoms. The maximum Gasteiger partial charge on any atom is 0.325 e. The molecule has 0 aliphatic heterocycles. The summed E-state index contributed by atoms with van der Waals surface area (Å²) in [5.41, 5.74) is 6.56. The lowest BCUT2D eigenvalue weighted by Gasteiger charge is -2.25. The molecular weight excluding hydrogens is 282 g/mol. The first kappa shape index (κ1) is 18.1. The second-order valence-corrected chi connectivity index (χ2v) is 8.33. The molecule has 4 heteroatoms. The Balaban J connectivity index is 2.67. The van der Waals surface area contributed by atoms with Gasteiger partial charge in [-0.25, -0.2) is 0 Å². The Labute approximate surface area is 132 Å². The number of methoxy groups -OCH3 is 1. The Kier molecular flexibility index (Phi) is 5.88. The number of rotatable bonds is 5. The third kappa shape index (κ3) is 5.36. The van der Waals surface area contributed by atoms with Crippen molar-refractivity contribution in [3.8, 4) is 0 Å². The van der Waals surface area contributed by atoms with Crippen molar-refractivity contribution in [2.45, 2.75) is 62.1 Å². The van der Waals surface area contributed by atoms with E-state index in [9.17, 15) is 4.79 Å². The van der Waals surface area contributed by atoms with Gasteiger partial charge in [-0.15, -0.1) is 11.8 Å². The van der Waals surface area contributed by atoms with Crippen molar-refractivity contribution in [3.05, 3.63) is 29.8 Å². The summed E-state index contributed by atoms with van der Waals surface area (Å²) in [6, 6.07) is 8.59. The Hall–Kier alpha value is -1.00. The molecular formula is C17H27NO2S. The molecule has 0 spiro atoms. The summed E-state index contributed by atoms with van der Waals surface area (Å²) in [6.45, 7) is 10.4. The van der Waals surface area contributed by atoms with E-state index < -0.39 is 5.54 Å². The van der Waals surface area contributed by atoms with Crippen LogP contribution in [0.15, 0.2) is 29.2 Å². The summed E-state index contributed by atoms with van der Waals surface area (Å²) >= 11 is 1.73. The van der Waals surface area contributed by atoms with Crippen LogP contribution in [-0.4, -0.2) is 23.9 Å². The van der Waals surface area contributed by atoms with Crippen molar-refractivity contribution in [2.24, 2.45) is 5.73 Å². The van der Waals surface area contributed by atoms with E-state index in [0.717, 1.165) is 0 Å². The van der Waals surface area contributed by atoms with Crippen LogP contribution in [0.2, 0.25) is 0 Å². The van der Waals surface area contributed by atoms with Crippen LogP contribution in [0.4, 0.5) is 0 Å². The lowest BCUT2D eigenvalue weighted by molar-refractivity contribution is -0.146. The number of ether oxygens (including phenoxy) is 1. The number of carbonyl (C=O) groups is 1. The molecule has 2 atom stereocenters. The Bertz CT molecular complexity index is 475. The number of nitrogens with two attached hydrogens (primary N) is 1. The number of esters is 1. The van der Waals surface area contributed by atoms with E-state index in [1.165, 1.54) is 17.6 Å². The standard InChI is InChI=1S/C17H27NO2S/c1-12(11-17(5,18)15(19)20-6)21-14-9-7-13(8-10-14)16(2,3)4/h7-10,12H,11,18H2,1-6H3. The summed E-state index contributed by atoms with van der Waals surface area (Å²) in [5.74, 6) is -0.363. The van der Waals surface area contributed by atoms with Gasteiger partial charge in [-0.1, -0.05) is 39.8 Å². The van der Waals surface area contributed by atoms with Crippen LogP contribution in [0.5, 0.6) is 0 Å². The van der Waals surface area contributed by atoms with Gasteiger partial charge in [0.1, 0.15) is 5.54 Å². The summed E-state index contributed by atoms with van der Waals surface area (Å²) in [5, 5.41) is 0.236. The molecule has 0 aromatic heterocycles. The zero-order valence-electron chi connectivity index (χ0n) is 13.9. The van der Waals surface area contributed by atoms with E-state index in [-0.39, 0.29) is 16.6 Å². The minimum atomic E-state index is -0.938. The fourth-order valence-electron chi connectivity index (χ4n) is 2.22. The number of carbonyl (C=O) groups excluding carboxylic acids is 1. The highest BCUT2D eigenvalue weighted by Gasteiger charge is 2.31. The average Bonchev–Trinajstić information content (AvgIpc) is 2.36. The van der Waals surface area contributed by atoms with Gasteiger partial charge in [-0.3, -0.25) is 4.79 Å². The van der Waals surface area contributed by atoms with E-state index in [0.29, 0.717) is 6.42 Å². The highest BCUT2D eigenvalue weighted by molar-refractivity contribution is 7.99. The van der Waals surface area contributed by atoms with Crippen LogP contribution in [-0.2, 0) is 14.9 Å². The molecule has 118 valence electrons. The Morgan fingerprint density at radius 1 is 1.24 bits per heavy atom. The van der Waals surface area contributed by atoms with E-state index >= 15 is 0 Å². The molecule has 3 nitrogen and oxygen atoms in total. The van der Waals surface area contributed by atoms with Crippen molar-refractivity contribution in [1.82, 2.24) is 0 Å². The van der Waals surface area contributed by atoms with Crippen LogP contribution < -0.4 is 5.73 Å². The number of hydrogen-bond acceptors (Lipinski definition) is 4. The van der Waals surface area contributed by atoms with Gasteiger partial charge in [0.15, 0.2) is 0 Å². The lowest BCUT2D eigenvalue weighted by atomic mass is 9.87. The van der Waals surface area contributed by atoms with Gasteiger partial charge in [0.25, 0.3) is 0 Å². The van der Waals surface area contributed by atoms with Crippen molar-refractivity contribution in [3.63, 3.8) is 0 Å². The summed E-state index contributed by atoms with van der Waals surface area (Å²) in [6.07, 6.45) is 0.575. The van der Waals surface area contributed by atoms with Gasteiger partial charge < -0.3 is 10.5 Å². The topological polar surface area (TPSA) is 52.3 Å². The second-order valence-electron chi connectivity index (χ2n) is 6.82. The van der Waals surface area contributed by atoms with Crippen LogP contribution >= 0.6 is 11.8 Å². The lowest BCUT2D eigenvalue weighted by Crippen LogP contribution is -2.47. The zero-order valence-corrected chi connectivity index (χ0v) is 14.7. The predicted octanol–water partition coefficient (Wildman–Crippen LogP) is 3.75. The Morgan fingerprint density at radius 2 is 1.76 bits per heavy atom. The van der Waals surface area contributed by atoms with E-state index in [1.54, 1.807) is 18.7 Å². The molecule has 2 unspecified atom stereocenters. The number of hydrogen-bond donors (Lipinski definition) is 1. The van der Waals surface area contributed by atoms with Crippen LogP contribution in [0.25, 0.3) is 0 Å². The van der Waals surface area contributed by atoms with Crippen LogP contribution in [0, 0.1) is 0 Å². The van der Waals surface area contributed by atoms with Gasteiger partial charge in [0.05, 0.1) is 7.11 Å². The maximum absolute atomic E-state index is 11.6. The SMILES string of the molecule is COC(=O)C(C)(N)CC(C)Sc1ccc(C(C)(C)C)cc1. The molecule has 1 rings (SSSR count). The monoisotopic (exact) mass is 309 g/mol. The van der Waals surface area contributed by atoms with Crippen molar-refractivity contribution in [2.75, 3.05) is 7.11 Å². The normalized spacial score (nSPS) is 16.1. The quantitative estimate of drug-likeness (QED) is 0.665. The largest absolute Gasteiger partial charge is 0.468 e. The first-order valence-corrected chi connectivity index (χ1v) is 8.09. The third-order valence-electron chi connectivity index (χ3n) is 3.42. The fourth-order valence-corrected chi connectivity index (χ4v) is 3.41. The highest BCUT2D eigenvalue weighted by Crippen LogP contribution is 2.30. The molecule has 0 saturated carbocycles. The molecule has 0 fully saturated rings. The van der Waals surface area contributed by atoms with Gasteiger partial charge in [0.2, 0.25) is 0 Å². The fraction of sp³-hybridized carbons (Fsp3) is 0.588. The van der Waals surface area contributed by atoms with Crippen molar-refractivity contribution in [1.29, 1.82) is 0 Å². The van der Waals surface area contributed by atoms with Gasteiger partial charge in [0, 0.05) is 10.1 Å². The molecule has 1 aromatic carbocycles. The minimum absolute atomic E-state index is 0.162. The zero-order chi connectivity index (χ0) is 16.3. The molecule has 2 N–H and O–H groups in total. The van der Waals surface area contributed by atoms with Crippen LogP contribution in [0.1, 0.15) is 46.6 Å². The van der Waals surface area contributed by atoms with Gasteiger partial charge in [-0.05, 0) is 36.5 Å². The molecule has 0 saturated heterocycles. The number of thioether (sulfide) groups is 1. The summed E-state index contributed by atoms with van der Waals surface area (Å²) in [7, 11) is 1.37. The van der Waals surface area contributed by atoms with E-state index in [1.807, 2.05) is 0 Å². The molecule has 0 aliphatic rings. The smallest absolute Gasteiger partial charge is 0.325 e. The van der Waals surface area contributed by atoms with Gasteiger partial charge in [-0.2, -0.15) is 0 Å². The highest BCUT2D eigenvalue weighted by atomic mass is 32.2. The van der Waals surface area contributed by atoms with Crippen LogP contribution in [0.3, 0.4) is 0 Å². The summed E-state index contributed by atoms with van der Waals surface area (Å²) in [4.78, 5) is 12.8. The minimum Gasteiger partial charge on any atom is -0.468 e. The van der Waals surface area contributed by atoms with Crippen molar-refractivity contribution < 1.29 is 9.53 Å². The number of benzene rings is 1.